The number of nitrogens with zero attached hydrogens (tertiary/aromatic N) is 3. The maximum absolute atomic E-state index is 13.4. The van der Waals surface area contributed by atoms with E-state index in [2.05, 4.69) is 11.0 Å². The Balaban J connectivity index is 2.01. The molecule has 0 spiro atoms. The Hall–Kier alpha value is -2.02. The normalized spacial score (nSPS) is 11.4. The Morgan fingerprint density at radius 3 is 2.61 bits per heavy atom. The lowest BCUT2D eigenvalue weighted by Crippen LogP contribution is -2.33. The zero-order valence-electron chi connectivity index (χ0n) is 16.4. The van der Waals surface area contributed by atoms with Crippen molar-refractivity contribution in [3.8, 4) is 0 Å². The highest BCUT2D eigenvalue weighted by Gasteiger charge is 2.23. The minimum absolute atomic E-state index is 0.107. The van der Waals surface area contributed by atoms with E-state index in [1.165, 1.54) is 29.5 Å². The molecule has 3 aromatic rings. The third kappa shape index (κ3) is 4.35. The molecule has 1 aromatic heterocycles. The van der Waals surface area contributed by atoms with Crippen LogP contribution in [-0.2, 0) is 0 Å². The third-order valence-corrected chi connectivity index (χ3v) is 6.05. The summed E-state index contributed by atoms with van der Waals surface area (Å²) in [5.41, 5.74) is 3.47. The van der Waals surface area contributed by atoms with Crippen molar-refractivity contribution in [1.29, 1.82) is 0 Å². The second kappa shape index (κ2) is 8.55. The lowest BCUT2D eigenvalue weighted by atomic mass is 10.1. The smallest absolute Gasteiger partial charge is 0.261 e. The highest BCUT2D eigenvalue weighted by molar-refractivity contribution is 7.22. The number of carbonyl (C=O) groups is 1. The minimum atomic E-state index is -0.466. The zero-order chi connectivity index (χ0) is 20.4. The quantitative estimate of drug-likeness (QED) is 0.543. The van der Waals surface area contributed by atoms with Gasteiger partial charge in [0.2, 0.25) is 0 Å². The molecular weight excluding hydrogens is 397 g/mol. The molecule has 0 unspecified atom stereocenters. The maximum Gasteiger partial charge on any atom is 0.261 e. The van der Waals surface area contributed by atoms with Crippen molar-refractivity contribution in [2.24, 2.45) is 0 Å². The minimum Gasteiger partial charge on any atom is -0.309 e. The van der Waals surface area contributed by atoms with Crippen molar-refractivity contribution >= 4 is 44.2 Å². The molecule has 1 heterocycles. The second-order valence-corrected chi connectivity index (χ2v) is 8.50. The van der Waals surface area contributed by atoms with E-state index in [0.29, 0.717) is 11.7 Å². The predicted octanol–water partition coefficient (Wildman–Crippen LogP) is 5.30. The monoisotopic (exact) mass is 419 g/mol. The van der Waals surface area contributed by atoms with Crippen molar-refractivity contribution < 1.29 is 9.18 Å². The summed E-state index contributed by atoms with van der Waals surface area (Å²) in [6.45, 7) is 5.43. The first kappa shape index (κ1) is 20.7. The van der Waals surface area contributed by atoms with E-state index in [0.717, 1.165) is 34.3 Å². The number of fused-ring (bicyclic) bond motifs is 1. The summed E-state index contributed by atoms with van der Waals surface area (Å²) < 4.78 is 14.5. The van der Waals surface area contributed by atoms with Crippen LogP contribution in [-0.4, -0.2) is 43.0 Å². The SMILES string of the molecule is Cc1ccc2sc(N(CCCN(C)C)C(=O)c3ccc(F)cc3Cl)nc2c1C. The van der Waals surface area contributed by atoms with Gasteiger partial charge in [-0.3, -0.25) is 9.69 Å². The molecule has 0 atom stereocenters. The number of carbonyl (C=O) groups excluding carboxylic acids is 1. The van der Waals surface area contributed by atoms with Crippen LogP contribution < -0.4 is 4.90 Å². The first-order valence-corrected chi connectivity index (χ1v) is 10.3. The van der Waals surface area contributed by atoms with Gasteiger partial charge in [0.05, 0.1) is 20.8 Å². The molecule has 0 radical (unpaired) electrons. The van der Waals surface area contributed by atoms with Gasteiger partial charge in [-0.05, 0) is 76.3 Å². The van der Waals surface area contributed by atoms with Crippen molar-refractivity contribution in [3.05, 3.63) is 57.9 Å². The summed E-state index contributed by atoms with van der Waals surface area (Å²) in [5.74, 6) is -0.732. The Morgan fingerprint density at radius 1 is 1.18 bits per heavy atom. The van der Waals surface area contributed by atoms with Crippen molar-refractivity contribution in [3.63, 3.8) is 0 Å². The standard InChI is InChI=1S/C21H23ClFN3OS/c1-13-6-9-18-19(14(13)2)24-21(28-18)26(11-5-10-25(3)4)20(27)16-8-7-15(23)12-17(16)22/h6-9,12H,5,10-11H2,1-4H3. The Kier molecular flexibility index (Phi) is 6.33. The van der Waals surface area contributed by atoms with Gasteiger partial charge >= 0.3 is 0 Å². The van der Waals surface area contributed by atoms with Crippen LogP contribution in [0.1, 0.15) is 27.9 Å². The fourth-order valence-corrected chi connectivity index (χ4v) is 4.26. The van der Waals surface area contributed by atoms with Crippen LogP contribution in [0.5, 0.6) is 0 Å². The molecule has 0 aliphatic rings. The van der Waals surface area contributed by atoms with Gasteiger partial charge in [0.15, 0.2) is 5.13 Å². The molecule has 0 bridgehead atoms. The Bertz CT molecular complexity index is 1020. The van der Waals surface area contributed by atoms with E-state index in [4.69, 9.17) is 16.6 Å². The number of benzene rings is 2. The lowest BCUT2D eigenvalue weighted by molar-refractivity contribution is 0.0986. The summed E-state index contributed by atoms with van der Waals surface area (Å²) in [4.78, 5) is 21.7. The van der Waals surface area contributed by atoms with Gasteiger partial charge in [-0.15, -0.1) is 0 Å². The van der Waals surface area contributed by atoms with Crippen LogP contribution >= 0.6 is 22.9 Å². The van der Waals surface area contributed by atoms with Gasteiger partial charge in [-0.2, -0.15) is 0 Å². The topological polar surface area (TPSA) is 36.4 Å². The first-order valence-electron chi connectivity index (χ1n) is 9.06. The molecule has 0 saturated carbocycles. The number of hydrogen-bond donors (Lipinski definition) is 0. The van der Waals surface area contributed by atoms with Crippen LogP contribution in [0.3, 0.4) is 0 Å². The maximum atomic E-state index is 13.4. The van der Waals surface area contributed by atoms with Gasteiger partial charge in [-0.1, -0.05) is 29.0 Å². The second-order valence-electron chi connectivity index (χ2n) is 7.09. The van der Waals surface area contributed by atoms with E-state index >= 15 is 0 Å². The average molecular weight is 420 g/mol. The molecule has 0 fully saturated rings. The fraction of sp³-hybridized carbons (Fsp3) is 0.333. The zero-order valence-corrected chi connectivity index (χ0v) is 18.0. The number of amides is 1. The molecular formula is C21H23ClFN3OS. The van der Waals surface area contributed by atoms with E-state index in [-0.39, 0.29) is 16.5 Å². The molecule has 4 nitrogen and oxygen atoms in total. The van der Waals surface area contributed by atoms with E-state index < -0.39 is 5.82 Å². The van der Waals surface area contributed by atoms with Gasteiger partial charge in [-0.25, -0.2) is 9.37 Å². The van der Waals surface area contributed by atoms with Crippen LogP contribution in [0.15, 0.2) is 30.3 Å². The summed E-state index contributed by atoms with van der Waals surface area (Å²) in [5, 5.41) is 0.739. The molecule has 7 heteroatoms. The number of hydrogen-bond acceptors (Lipinski definition) is 4. The molecule has 3 rings (SSSR count). The van der Waals surface area contributed by atoms with Gasteiger partial charge in [0.1, 0.15) is 5.82 Å². The number of thiazole rings is 1. The van der Waals surface area contributed by atoms with Gasteiger partial charge < -0.3 is 4.90 Å². The number of aryl methyl sites for hydroxylation is 2. The first-order chi connectivity index (χ1) is 13.3. The number of halogens is 2. The van der Waals surface area contributed by atoms with Crippen molar-refractivity contribution in [1.82, 2.24) is 9.88 Å². The van der Waals surface area contributed by atoms with Crippen molar-refractivity contribution in [2.45, 2.75) is 20.3 Å². The number of aromatic nitrogens is 1. The molecule has 0 N–H and O–H groups in total. The van der Waals surface area contributed by atoms with Gasteiger partial charge in [0, 0.05) is 6.54 Å². The number of anilines is 1. The van der Waals surface area contributed by atoms with Crippen LogP contribution in [0.2, 0.25) is 5.02 Å². The molecule has 1 amide bonds. The molecule has 0 aliphatic carbocycles. The molecule has 28 heavy (non-hydrogen) atoms. The van der Waals surface area contributed by atoms with E-state index in [1.54, 1.807) is 4.90 Å². The highest BCUT2D eigenvalue weighted by atomic mass is 35.5. The average Bonchev–Trinajstić information content (AvgIpc) is 3.06. The summed E-state index contributed by atoms with van der Waals surface area (Å²) in [6, 6.07) is 7.95. The Morgan fingerprint density at radius 2 is 1.93 bits per heavy atom. The molecule has 0 aliphatic heterocycles. The van der Waals surface area contributed by atoms with E-state index in [1.807, 2.05) is 34.0 Å². The summed E-state index contributed by atoms with van der Waals surface area (Å²) in [6.07, 6.45) is 0.783. The largest absolute Gasteiger partial charge is 0.309 e. The molecule has 2 aromatic carbocycles. The fourth-order valence-electron chi connectivity index (χ4n) is 2.97. The summed E-state index contributed by atoms with van der Waals surface area (Å²) in [7, 11) is 3.99. The number of rotatable bonds is 6. The highest BCUT2D eigenvalue weighted by Crippen LogP contribution is 2.33. The van der Waals surface area contributed by atoms with Crippen molar-refractivity contribution in [2.75, 3.05) is 32.1 Å². The van der Waals surface area contributed by atoms with Crippen LogP contribution in [0, 0.1) is 19.7 Å². The lowest BCUT2D eigenvalue weighted by Gasteiger charge is -2.21. The summed E-state index contributed by atoms with van der Waals surface area (Å²) >= 11 is 7.63. The Labute approximate surface area is 173 Å². The van der Waals surface area contributed by atoms with Crippen LogP contribution in [0.25, 0.3) is 10.2 Å². The van der Waals surface area contributed by atoms with Crippen LogP contribution in [0.4, 0.5) is 9.52 Å². The third-order valence-electron chi connectivity index (χ3n) is 4.70. The van der Waals surface area contributed by atoms with Gasteiger partial charge in [0.25, 0.3) is 5.91 Å². The molecule has 0 saturated heterocycles. The van der Waals surface area contributed by atoms with E-state index in [9.17, 15) is 9.18 Å². The predicted molar refractivity (Wildman–Crippen MR) is 115 cm³/mol. The molecule has 148 valence electrons.